The third kappa shape index (κ3) is 2.80. The number of hydrogen-bond acceptors (Lipinski definition) is 4. The van der Waals surface area contributed by atoms with Gasteiger partial charge in [0.15, 0.2) is 5.78 Å². The van der Waals surface area contributed by atoms with E-state index in [9.17, 15) is 4.79 Å². The van der Waals surface area contributed by atoms with Crippen molar-refractivity contribution in [3.05, 3.63) is 23.8 Å². The number of hydrogen-bond donors (Lipinski definition) is 1. The van der Waals surface area contributed by atoms with Crippen LogP contribution in [0.1, 0.15) is 36.5 Å². The minimum absolute atomic E-state index is 0.203. The normalized spacial score (nSPS) is 21.9. The predicted molar refractivity (Wildman–Crippen MR) is 79.6 cm³/mol. The first-order valence-electron chi connectivity index (χ1n) is 7.56. The molecule has 1 aromatic rings. The molecule has 1 unspecified atom stereocenters. The molecule has 0 aromatic heterocycles. The van der Waals surface area contributed by atoms with Crippen LogP contribution in [0.15, 0.2) is 18.2 Å². The summed E-state index contributed by atoms with van der Waals surface area (Å²) in [6.07, 6.45) is 3.65. The average Bonchev–Trinajstić information content (AvgIpc) is 2.99. The number of Topliss-reactive ketones (excluding diaryl/α,β-unsaturated/α-hetero) is 1. The molecule has 3 rings (SSSR count). The number of anilines is 1. The van der Waals surface area contributed by atoms with Crippen molar-refractivity contribution in [3.63, 3.8) is 0 Å². The van der Waals surface area contributed by atoms with Crippen LogP contribution < -0.4 is 10.1 Å². The molecular formula is C16H22N2O2. The number of benzene rings is 1. The Morgan fingerprint density at radius 2 is 2.20 bits per heavy atom. The first-order valence-corrected chi connectivity index (χ1v) is 7.56. The van der Waals surface area contributed by atoms with Crippen LogP contribution in [0.2, 0.25) is 0 Å². The summed E-state index contributed by atoms with van der Waals surface area (Å²) in [6.45, 7) is 5.57. The van der Waals surface area contributed by atoms with Crippen molar-refractivity contribution in [3.8, 4) is 5.75 Å². The van der Waals surface area contributed by atoms with Crippen molar-refractivity contribution in [1.82, 2.24) is 4.90 Å². The van der Waals surface area contributed by atoms with Gasteiger partial charge in [-0.3, -0.25) is 9.69 Å². The fourth-order valence-electron chi connectivity index (χ4n) is 2.85. The molecule has 2 heterocycles. The summed E-state index contributed by atoms with van der Waals surface area (Å²) in [5.74, 6) is 1.06. The van der Waals surface area contributed by atoms with Crippen molar-refractivity contribution in [2.75, 3.05) is 31.5 Å². The molecule has 1 saturated heterocycles. The summed E-state index contributed by atoms with van der Waals surface area (Å²) in [6, 6.07) is 5.73. The van der Waals surface area contributed by atoms with Gasteiger partial charge in [0.05, 0.1) is 18.8 Å². The zero-order chi connectivity index (χ0) is 13.9. The zero-order valence-corrected chi connectivity index (χ0v) is 12.0. The fourth-order valence-corrected chi connectivity index (χ4v) is 2.85. The summed E-state index contributed by atoms with van der Waals surface area (Å²) in [4.78, 5) is 14.5. The number of likely N-dealkylation sites (tertiary alicyclic amines) is 1. The van der Waals surface area contributed by atoms with Gasteiger partial charge in [0.1, 0.15) is 11.9 Å². The van der Waals surface area contributed by atoms with E-state index in [2.05, 4.69) is 17.1 Å². The van der Waals surface area contributed by atoms with Crippen LogP contribution in [0, 0.1) is 0 Å². The standard InChI is InChI=1S/C16H22N2O2/c1-2-13-10-17-14-9-12(5-6-16(14)20-13)15(19)11-18-7-3-4-8-18/h5-6,9,13,17H,2-4,7-8,10-11H2,1H3. The number of carbonyl (C=O) groups is 1. The van der Waals surface area contributed by atoms with E-state index in [0.29, 0.717) is 6.54 Å². The Morgan fingerprint density at radius 1 is 1.40 bits per heavy atom. The molecule has 1 aromatic carbocycles. The number of nitrogens with one attached hydrogen (secondary N) is 1. The number of carbonyl (C=O) groups excluding carboxylic acids is 1. The van der Waals surface area contributed by atoms with Crippen LogP contribution in [-0.4, -0.2) is 43.0 Å². The van der Waals surface area contributed by atoms with Gasteiger partial charge < -0.3 is 10.1 Å². The Hall–Kier alpha value is -1.55. The Balaban J connectivity index is 1.70. The van der Waals surface area contributed by atoms with E-state index in [1.54, 1.807) is 0 Å². The van der Waals surface area contributed by atoms with Gasteiger partial charge in [-0.25, -0.2) is 0 Å². The van der Waals surface area contributed by atoms with Crippen LogP contribution in [0.3, 0.4) is 0 Å². The van der Waals surface area contributed by atoms with Gasteiger partial charge >= 0.3 is 0 Å². The van der Waals surface area contributed by atoms with E-state index in [1.165, 1.54) is 12.8 Å². The number of ketones is 1. The number of rotatable bonds is 4. The minimum Gasteiger partial charge on any atom is -0.486 e. The lowest BCUT2D eigenvalue weighted by atomic mass is 10.1. The van der Waals surface area contributed by atoms with Crippen molar-refractivity contribution in [1.29, 1.82) is 0 Å². The van der Waals surface area contributed by atoms with Crippen LogP contribution in [-0.2, 0) is 0 Å². The maximum Gasteiger partial charge on any atom is 0.176 e. The van der Waals surface area contributed by atoms with Crippen LogP contribution in [0.4, 0.5) is 5.69 Å². The fraction of sp³-hybridized carbons (Fsp3) is 0.562. The molecule has 2 aliphatic heterocycles. The van der Waals surface area contributed by atoms with E-state index in [-0.39, 0.29) is 11.9 Å². The van der Waals surface area contributed by atoms with E-state index in [0.717, 1.165) is 43.1 Å². The number of nitrogens with zero attached hydrogens (tertiary/aromatic N) is 1. The SMILES string of the molecule is CCC1CNc2cc(C(=O)CN3CCCC3)ccc2O1. The third-order valence-electron chi connectivity index (χ3n) is 4.14. The van der Waals surface area contributed by atoms with Gasteiger partial charge in [-0.2, -0.15) is 0 Å². The maximum absolute atomic E-state index is 12.3. The second-order valence-corrected chi connectivity index (χ2v) is 5.65. The Morgan fingerprint density at radius 3 is 2.95 bits per heavy atom. The van der Waals surface area contributed by atoms with Gasteiger partial charge in [0.2, 0.25) is 0 Å². The van der Waals surface area contributed by atoms with E-state index in [4.69, 9.17) is 4.74 Å². The smallest absolute Gasteiger partial charge is 0.176 e. The average molecular weight is 274 g/mol. The Kier molecular flexibility index (Phi) is 3.92. The van der Waals surface area contributed by atoms with Crippen LogP contribution in [0.25, 0.3) is 0 Å². The molecule has 0 radical (unpaired) electrons. The van der Waals surface area contributed by atoms with Crippen LogP contribution in [0.5, 0.6) is 5.75 Å². The summed E-state index contributed by atoms with van der Waals surface area (Å²) >= 11 is 0. The van der Waals surface area contributed by atoms with E-state index < -0.39 is 0 Å². The first-order chi connectivity index (χ1) is 9.76. The largest absolute Gasteiger partial charge is 0.486 e. The molecule has 108 valence electrons. The maximum atomic E-state index is 12.3. The minimum atomic E-state index is 0.203. The van der Waals surface area contributed by atoms with Crippen molar-refractivity contribution >= 4 is 11.5 Å². The van der Waals surface area contributed by atoms with E-state index >= 15 is 0 Å². The predicted octanol–water partition coefficient (Wildman–Crippen LogP) is 2.55. The molecule has 0 amide bonds. The lowest BCUT2D eigenvalue weighted by Gasteiger charge is -2.27. The van der Waals surface area contributed by atoms with Gasteiger partial charge in [-0.15, -0.1) is 0 Å². The Bertz CT molecular complexity index is 495. The summed E-state index contributed by atoms with van der Waals surface area (Å²) in [7, 11) is 0. The first kappa shape index (κ1) is 13.4. The van der Waals surface area contributed by atoms with Crippen molar-refractivity contribution in [2.24, 2.45) is 0 Å². The third-order valence-corrected chi connectivity index (χ3v) is 4.14. The lowest BCUT2D eigenvalue weighted by Crippen LogP contribution is -2.30. The van der Waals surface area contributed by atoms with Crippen molar-refractivity contribution in [2.45, 2.75) is 32.3 Å². The molecule has 0 bridgehead atoms. The number of fused-ring (bicyclic) bond motifs is 1. The highest BCUT2D eigenvalue weighted by atomic mass is 16.5. The molecule has 1 N–H and O–H groups in total. The summed E-state index contributed by atoms with van der Waals surface area (Å²) in [5.41, 5.74) is 1.73. The van der Waals surface area contributed by atoms with Gasteiger partial charge in [0, 0.05) is 5.56 Å². The zero-order valence-electron chi connectivity index (χ0n) is 12.0. The lowest BCUT2D eigenvalue weighted by molar-refractivity contribution is 0.0945. The second kappa shape index (κ2) is 5.83. The molecule has 0 saturated carbocycles. The van der Waals surface area contributed by atoms with Gasteiger partial charge in [0.25, 0.3) is 0 Å². The molecule has 0 spiro atoms. The second-order valence-electron chi connectivity index (χ2n) is 5.65. The molecule has 1 fully saturated rings. The van der Waals surface area contributed by atoms with Gasteiger partial charge in [-0.1, -0.05) is 6.92 Å². The highest BCUT2D eigenvalue weighted by Crippen LogP contribution is 2.30. The van der Waals surface area contributed by atoms with Crippen molar-refractivity contribution < 1.29 is 9.53 Å². The highest BCUT2D eigenvalue weighted by molar-refractivity contribution is 5.98. The summed E-state index contributed by atoms with van der Waals surface area (Å²) in [5, 5.41) is 3.36. The van der Waals surface area contributed by atoms with E-state index in [1.807, 2.05) is 18.2 Å². The topological polar surface area (TPSA) is 41.6 Å². The molecule has 20 heavy (non-hydrogen) atoms. The molecule has 0 aliphatic carbocycles. The van der Waals surface area contributed by atoms with Gasteiger partial charge in [-0.05, 0) is 50.6 Å². The van der Waals surface area contributed by atoms with Crippen LogP contribution >= 0.6 is 0 Å². The Labute approximate surface area is 120 Å². The monoisotopic (exact) mass is 274 g/mol. The molecule has 1 atom stereocenters. The quantitative estimate of drug-likeness (QED) is 0.857. The molecule has 4 heteroatoms. The molecule has 2 aliphatic rings. The number of ether oxygens (including phenoxy) is 1. The molecule has 4 nitrogen and oxygen atoms in total. The summed E-state index contributed by atoms with van der Waals surface area (Å²) < 4.78 is 5.87. The molecular weight excluding hydrogens is 252 g/mol. The highest BCUT2D eigenvalue weighted by Gasteiger charge is 2.20.